The van der Waals surface area contributed by atoms with Crippen LogP contribution < -0.4 is 10.6 Å². The molecule has 2 N–H and O–H groups in total. The van der Waals surface area contributed by atoms with Gasteiger partial charge in [0.25, 0.3) is 5.92 Å². The molecule has 1 fully saturated rings. The largest absolute Gasteiger partial charge is 0.350 e. The Kier molecular flexibility index (Phi) is 3.80. The van der Waals surface area contributed by atoms with Gasteiger partial charge in [-0.05, 0) is 36.8 Å². The highest BCUT2D eigenvalue weighted by molar-refractivity contribution is 5.80. The highest BCUT2D eigenvalue weighted by Gasteiger charge is 2.42. The summed E-state index contributed by atoms with van der Waals surface area (Å²) in [6.07, 6.45) is 3.66. The molecule has 3 aromatic rings. The Bertz CT molecular complexity index is 915. The van der Waals surface area contributed by atoms with Gasteiger partial charge in [0, 0.05) is 24.3 Å². The van der Waals surface area contributed by atoms with E-state index in [9.17, 15) is 8.78 Å². The molecule has 1 unspecified atom stereocenters. The summed E-state index contributed by atoms with van der Waals surface area (Å²) in [6.45, 7) is 0.0471. The summed E-state index contributed by atoms with van der Waals surface area (Å²) in [5.41, 5.74) is 7.67. The molecule has 7 heteroatoms. The Balaban J connectivity index is 1.67. The van der Waals surface area contributed by atoms with Crippen LogP contribution in [0.1, 0.15) is 6.42 Å². The smallest absolute Gasteiger partial charge is 0.280 e. The van der Waals surface area contributed by atoms with E-state index in [1.54, 1.807) is 23.4 Å². The molecule has 0 aliphatic carbocycles. The Morgan fingerprint density at radius 3 is 2.76 bits per heavy atom. The van der Waals surface area contributed by atoms with Crippen molar-refractivity contribution in [3.63, 3.8) is 0 Å². The number of nitrogens with two attached hydrogens (primary N) is 1. The fraction of sp³-hybridized carbons (Fsp3) is 0.278. The van der Waals surface area contributed by atoms with Crippen LogP contribution >= 0.6 is 0 Å². The highest BCUT2D eigenvalue weighted by Crippen LogP contribution is 2.29. The lowest BCUT2D eigenvalue weighted by Gasteiger charge is -2.37. The third-order valence-corrected chi connectivity index (χ3v) is 4.46. The van der Waals surface area contributed by atoms with Gasteiger partial charge in [0.05, 0.1) is 29.5 Å². The van der Waals surface area contributed by atoms with Crippen molar-refractivity contribution in [3.8, 4) is 11.4 Å². The maximum absolute atomic E-state index is 13.9. The van der Waals surface area contributed by atoms with Crippen molar-refractivity contribution in [3.05, 3.63) is 48.8 Å². The third-order valence-electron chi connectivity index (χ3n) is 4.46. The Morgan fingerprint density at radius 1 is 1.08 bits per heavy atom. The van der Waals surface area contributed by atoms with E-state index < -0.39 is 18.5 Å². The molecule has 0 bridgehead atoms. The second kappa shape index (κ2) is 6.00. The number of halogens is 2. The first kappa shape index (κ1) is 15.8. The van der Waals surface area contributed by atoms with Crippen molar-refractivity contribution in [2.75, 3.05) is 18.0 Å². The van der Waals surface area contributed by atoms with E-state index in [2.05, 4.69) is 15.0 Å². The van der Waals surface area contributed by atoms with E-state index in [0.29, 0.717) is 23.8 Å². The quantitative estimate of drug-likeness (QED) is 0.776. The van der Waals surface area contributed by atoms with Crippen LogP contribution in [0.15, 0.2) is 48.8 Å². The molecule has 0 saturated carbocycles. The van der Waals surface area contributed by atoms with Crippen molar-refractivity contribution in [1.82, 2.24) is 15.0 Å². The lowest BCUT2D eigenvalue weighted by atomic mass is 10.0. The number of rotatable bonds is 2. The van der Waals surface area contributed by atoms with Crippen LogP contribution in [0.5, 0.6) is 0 Å². The van der Waals surface area contributed by atoms with Crippen molar-refractivity contribution in [2.45, 2.75) is 18.4 Å². The molecular formula is C18H17F2N5. The minimum absolute atomic E-state index is 0.236. The first-order valence-corrected chi connectivity index (χ1v) is 8.09. The van der Waals surface area contributed by atoms with Gasteiger partial charge in [-0.2, -0.15) is 0 Å². The summed E-state index contributed by atoms with van der Waals surface area (Å²) < 4.78 is 27.8. The number of nitrogens with zero attached hydrogens (tertiary/aromatic N) is 4. The Morgan fingerprint density at radius 2 is 1.92 bits per heavy atom. The zero-order chi connectivity index (χ0) is 17.4. The van der Waals surface area contributed by atoms with Gasteiger partial charge >= 0.3 is 0 Å². The lowest BCUT2D eigenvalue weighted by molar-refractivity contribution is -0.0301. The number of aromatic nitrogens is 3. The molecule has 1 aliphatic rings. The fourth-order valence-electron chi connectivity index (χ4n) is 3.00. The van der Waals surface area contributed by atoms with Gasteiger partial charge in [-0.15, -0.1) is 0 Å². The number of pyridine rings is 3. The van der Waals surface area contributed by atoms with E-state index in [4.69, 9.17) is 5.73 Å². The van der Waals surface area contributed by atoms with Gasteiger partial charge in [0.2, 0.25) is 0 Å². The van der Waals surface area contributed by atoms with E-state index in [0.717, 1.165) is 10.9 Å². The molecule has 4 rings (SSSR count). The Labute approximate surface area is 143 Å². The minimum Gasteiger partial charge on any atom is -0.350 e. The fourth-order valence-corrected chi connectivity index (χ4v) is 3.00. The topological polar surface area (TPSA) is 67.9 Å². The van der Waals surface area contributed by atoms with Crippen molar-refractivity contribution in [1.29, 1.82) is 0 Å². The number of fused-ring (bicyclic) bond motifs is 1. The second-order valence-electron chi connectivity index (χ2n) is 6.22. The molecule has 5 nitrogen and oxygen atoms in total. The molecule has 128 valence electrons. The zero-order valence-electron chi connectivity index (χ0n) is 13.4. The van der Waals surface area contributed by atoms with Crippen LogP contribution in [0.2, 0.25) is 0 Å². The van der Waals surface area contributed by atoms with Crippen molar-refractivity contribution < 1.29 is 8.78 Å². The third kappa shape index (κ3) is 3.02. The Hall–Kier alpha value is -2.67. The van der Waals surface area contributed by atoms with E-state index in [1.807, 2.05) is 30.3 Å². The average Bonchev–Trinajstić information content (AvgIpc) is 2.63. The van der Waals surface area contributed by atoms with Gasteiger partial charge in [0.15, 0.2) is 0 Å². The maximum Gasteiger partial charge on any atom is 0.280 e. The average molecular weight is 341 g/mol. The van der Waals surface area contributed by atoms with Crippen LogP contribution in [0, 0.1) is 0 Å². The maximum atomic E-state index is 13.9. The van der Waals surface area contributed by atoms with Gasteiger partial charge in [-0.25, -0.2) is 18.7 Å². The molecule has 0 radical (unpaired) electrons. The van der Waals surface area contributed by atoms with Gasteiger partial charge in [-0.3, -0.25) is 4.98 Å². The van der Waals surface area contributed by atoms with E-state index in [1.165, 1.54) is 0 Å². The summed E-state index contributed by atoms with van der Waals surface area (Å²) in [4.78, 5) is 14.8. The SMILES string of the molecule is NC1CCN(c2cccc(-c3ccc4cnccc4n3)n2)CC1(F)F. The molecule has 1 atom stereocenters. The molecule has 4 heterocycles. The first-order valence-electron chi connectivity index (χ1n) is 8.09. The predicted octanol–water partition coefficient (Wildman–Crippen LogP) is 2.86. The molecule has 1 aliphatic heterocycles. The van der Waals surface area contributed by atoms with Crippen LogP contribution in [-0.2, 0) is 0 Å². The molecule has 1 saturated heterocycles. The molecular weight excluding hydrogens is 324 g/mol. The summed E-state index contributed by atoms with van der Waals surface area (Å²) in [6, 6.07) is 9.89. The summed E-state index contributed by atoms with van der Waals surface area (Å²) in [5.74, 6) is -2.40. The molecule has 0 spiro atoms. The van der Waals surface area contributed by atoms with Gasteiger partial charge < -0.3 is 10.6 Å². The van der Waals surface area contributed by atoms with Crippen LogP contribution in [0.3, 0.4) is 0 Å². The van der Waals surface area contributed by atoms with Crippen LogP contribution in [0.4, 0.5) is 14.6 Å². The number of anilines is 1. The van der Waals surface area contributed by atoms with Crippen LogP contribution in [0.25, 0.3) is 22.3 Å². The normalized spacial score (nSPS) is 20.0. The summed E-state index contributed by atoms with van der Waals surface area (Å²) in [7, 11) is 0. The lowest BCUT2D eigenvalue weighted by Crippen LogP contribution is -2.55. The monoisotopic (exact) mass is 341 g/mol. The minimum atomic E-state index is -2.91. The molecule has 0 amide bonds. The zero-order valence-corrected chi connectivity index (χ0v) is 13.4. The number of alkyl halides is 2. The van der Waals surface area contributed by atoms with E-state index >= 15 is 0 Å². The van der Waals surface area contributed by atoms with Crippen molar-refractivity contribution >= 4 is 16.7 Å². The second-order valence-corrected chi connectivity index (χ2v) is 6.22. The van der Waals surface area contributed by atoms with E-state index in [-0.39, 0.29) is 6.42 Å². The van der Waals surface area contributed by atoms with Gasteiger partial charge in [0.1, 0.15) is 5.82 Å². The predicted molar refractivity (Wildman–Crippen MR) is 92.5 cm³/mol. The molecule has 0 aromatic carbocycles. The highest BCUT2D eigenvalue weighted by atomic mass is 19.3. The molecule has 3 aromatic heterocycles. The number of hydrogen-bond donors (Lipinski definition) is 1. The van der Waals surface area contributed by atoms with Crippen LogP contribution in [-0.4, -0.2) is 40.0 Å². The summed E-state index contributed by atoms with van der Waals surface area (Å²) in [5, 5.41) is 0.937. The van der Waals surface area contributed by atoms with Crippen molar-refractivity contribution in [2.24, 2.45) is 5.73 Å². The summed E-state index contributed by atoms with van der Waals surface area (Å²) >= 11 is 0. The molecule has 25 heavy (non-hydrogen) atoms. The first-order chi connectivity index (χ1) is 12.0. The number of hydrogen-bond acceptors (Lipinski definition) is 5. The standard InChI is InChI=1S/C18H17F2N5/c19-18(20)11-25(9-7-16(18)21)17-3-1-2-14(24-17)15-5-4-12-10-22-8-6-13(12)23-15/h1-6,8,10,16H,7,9,11,21H2. The number of piperidine rings is 1. The van der Waals surface area contributed by atoms with Gasteiger partial charge in [-0.1, -0.05) is 6.07 Å².